The van der Waals surface area contributed by atoms with Gasteiger partial charge in [0.05, 0.1) is 0 Å². The molecule has 5 nitrogen and oxygen atoms in total. The van der Waals surface area contributed by atoms with Crippen molar-refractivity contribution in [1.29, 1.82) is 0 Å². The number of rotatable bonds is 9. The van der Waals surface area contributed by atoms with E-state index in [0.29, 0.717) is 18.7 Å². The maximum Gasteiger partial charge on any atom is 0.414 e. The number of ether oxygens (including phenoxy) is 2. The van der Waals surface area contributed by atoms with Gasteiger partial charge in [-0.3, -0.25) is 0 Å². The molecule has 0 aliphatic heterocycles. The molecular weight excluding hydrogens is 412 g/mol. The molecule has 0 spiro atoms. The highest BCUT2D eigenvalue weighted by atomic mass is 16.6. The Hall–Kier alpha value is -3.31. The Kier molecular flexibility index (Phi) is 8.50. The first kappa shape index (κ1) is 24.3. The normalized spacial score (nSPS) is 12.8. The van der Waals surface area contributed by atoms with E-state index in [1.165, 1.54) is 5.56 Å². The van der Waals surface area contributed by atoms with Gasteiger partial charge in [0.2, 0.25) is 0 Å². The van der Waals surface area contributed by atoms with Gasteiger partial charge in [-0.05, 0) is 63.3 Å². The Bertz CT molecular complexity index is 1020. The number of hydrogen-bond acceptors (Lipinski definition) is 4. The summed E-state index contributed by atoms with van der Waals surface area (Å²) in [4.78, 5) is 16.4. The molecule has 0 saturated heterocycles. The van der Waals surface area contributed by atoms with Crippen LogP contribution in [0.5, 0.6) is 11.5 Å². The summed E-state index contributed by atoms with van der Waals surface area (Å²) in [6.07, 6.45) is 0.0847. The van der Waals surface area contributed by atoms with Crippen molar-refractivity contribution in [3.63, 3.8) is 0 Å². The Morgan fingerprint density at radius 2 is 1.52 bits per heavy atom. The lowest BCUT2D eigenvalue weighted by molar-refractivity contribution is 0.145. The fraction of sp³-hybridized carbons (Fsp3) is 0.321. The molecule has 0 radical (unpaired) electrons. The van der Waals surface area contributed by atoms with E-state index in [2.05, 4.69) is 30.9 Å². The smallest absolute Gasteiger partial charge is 0.414 e. The SMILES string of the molecule is Cc1ccc(OC(CCN(C)C(=O)Oc2cccc([C@H](C)N(C)C)c2)c2ccccc2)cc1. The fourth-order valence-electron chi connectivity index (χ4n) is 3.46. The van der Waals surface area contributed by atoms with Crippen molar-refractivity contribution in [2.45, 2.75) is 32.4 Å². The molecule has 33 heavy (non-hydrogen) atoms. The first-order chi connectivity index (χ1) is 15.8. The molecule has 0 aliphatic rings. The van der Waals surface area contributed by atoms with Gasteiger partial charge in [0.25, 0.3) is 0 Å². The van der Waals surface area contributed by atoms with Crippen LogP contribution in [-0.4, -0.2) is 43.6 Å². The van der Waals surface area contributed by atoms with Gasteiger partial charge in [0, 0.05) is 26.1 Å². The second kappa shape index (κ2) is 11.5. The van der Waals surface area contributed by atoms with Crippen molar-refractivity contribution in [2.24, 2.45) is 0 Å². The third kappa shape index (κ3) is 7.09. The molecular formula is C28H34N2O3. The van der Waals surface area contributed by atoms with Crippen LogP contribution in [0.3, 0.4) is 0 Å². The van der Waals surface area contributed by atoms with E-state index < -0.39 is 0 Å². The summed E-state index contributed by atoms with van der Waals surface area (Å²) in [7, 11) is 5.81. The molecule has 2 atom stereocenters. The molecule has 3 aromatic rings. The largest absolute Gasteiger partial charge is 0.486 e. The quantitative estimate of drug-likeness (QED) is 0.389. The molecule has 0 fully saturated rings. The lowest BCUT2D eigenvalue weighted by atomic mass is 10.1. The highest BCUT2D eigenvalue weighted by Gasteiger charge is 2.18. The molecule has 3 rings (SSSR count). The highest BCUT2D eigenvalue weighted by molar-refractivity contribution is 5.70. The Morgan fingerprint density at radius 1 is 0.848 bits per heavy atom. The summed E-state index contributed by atoms with van der Waals surface area (Å²) in [6.45, 7) is 4.67. The fourth-order valence-corrected chi connectivity index (χ4v) is 3.46. The summed E-state index contributed by atoms with van der Waals surface area (Å²) in [5.41, 5.74) is 3.36. The van der Waals surface area contributed by atoms with Gasteiger partial charge in [-0.25, -0.2) is 4.79 Å². The highest BCUT2D eigenvalue weighted by Crippen LogP contribution is 2.26. The number of amides is 1. The van der Waals surface area contributed by atoms with Gasteiger partial charge >= 0.3 is 6.09 Å². The van der Waals surface area contributed by atoms with Crippen molar-refractivity contribution in [1.82, 2.24) is 9.80 Å². The Labute approximate surface area is 197 Å². The molecule has 0 saturated carbocycles. The molecule has 0 N–H and O–H groups in total. The lowest BCUT2D eigenvalue weighted by Gasteiger charge is -2.24. The summed E-state index contributed by atoms with van der Waals surface area (Å²) >= 11 is 0. The van der Waals surface area contributed by atoms with Gasteiger partial charge in [0.15, 0.2) is 0 Å². The van der Waals surface area contributed by atoms with E-state index in [4.69, 9.17) is 9.47 Å². The van der Waals surface area contributed by atoms with E-state index in [1.807, 2.05) is 80.8 Å². The second-order valence-electron chi connectivity index (χ2n) is 8.62. The number of aryl methyl sites for hydroxylation is 1. The van der Waals surface area contributed by atoms with Crippen LogP contribution in [-0.2, 0) is 0 Å². The van der Waals surface area contributed by atoms with Crippen molar-refractivity contribution in [3.8, 4) is 11.5 Å². The van der Waals surface area contributed by atoms with Crippen LogP contribution in [0.15, 0.2) is 78.9 Å². The van der Waals surface area contributed by atoms with Crippen molar-refractivity contribution in [3.05, 3.63) is 95.6 Å². The monoisotopic (exact) mass is 446 g/mol. The van der Waals surface area contributed by atoms with Crippen molar-refractivity contribution in [2.75, 3.05) is 27.7 Å². The Balaban J connectivity index is 1.63. The minimum atomic E-state index is -0.383. The number of carbonyl (C=O) groups is 1. The predicted octanol–water partition coefficient (Wildman–Crippen LogP) is 6.26. The summed E-state index contributed by atoms with van der Waals surface area (Å²) in [6, 6.07) is 26.0. The zero-order chi connectivity index (χ0) is 23.8. The van der Waals surface area contributed by atoms with Gasteiger partial charge in [-0.1, -0.05) is 60.2 Å². The first-order valence-electron chi connectivity index (χ1n) is 11.3. The molecule has 1 amide bonds. The summed E-state index contributed by atoms with van der Waals surface area (Å²) in [5.74, 6) is 1.36. The predicted molar refractivity (Wildman–Crippen MR) is 133 cm³/mol. The molecule has 5 heteroatoms. The molecule has 0 bridgehead atoms. The zero-order valence-electron chi connectivity index (χ0n) is 20.2. The number of carbonyl (C=O) groups excluding carboxylic acids is 1. The van der Waals surface area contributed by atoms with Gasteiger partial charge in [0.1, 0.15) is 17.6 Å². The van der Waals surface area contributed by atoms with E-state index in [0.717, 1.165) is 16.9 Å². The maximum absolute atomic E-state index is 12.7. The van der Waals surface area contributed by atoms with Crippen molar-refractivity contribution < 1.29 is 14.3 Å². The Morgan fingerprint density at radius 3 is 2.18 bits per heavy atom. The number of nitrogens with zero attached hydrogens (tertiary/aromatic N) is 2. The van der Waals surface area contributed by atoms with Gasteiger partial charge < -0.3 is 19.3 Å². The van der Waals surface area contributed by atoms with E-state index in [9.17, 15) is 4.79 Å². The molecule has 0 aliphatic carbocycles. The standard InChI is InChI=1S/C28H34N2O3/c1-21-14-16-25(17-15-21)32-27(23-10-7-6-8-11-23)18-19-30(5)28(31)33-26-13-9-12-24(20-26)22(2)29(3)4/h6-17,20,22,27H,18-19H2,1-5H3/t22-,27?/m0/s1. The van der Waals surface area contributed by atoms with Crippen LogP contribution in [0.2, 0.25) is 0 Å². The summed E-state index contributed by atoms with van der Waals surface area (Å²) < 4.78 is 11.9. The van der Waals surface area contributed by atoms with Crippen LogP contribution in [0, 0.1) is 6.92 Å². The molecule has 3 aromatic carbocycles. The molecule has 0 aromatic heterocycles. The molecule has 1 unspecified atom stereocenters. The van der Waals surface area contributed by atoms with Crippen LogP contribution in [0.1, 0.15) is 42.2 Å². The third-order valence-electron chi connectivity index (χ3n) is 5.83. The van der Waals surface area contributed by atoms with Crippen LogP contribution in [0.4, 0.5) is 4.79 Å². The lowest BCUT2D eigenvalue weighted by Crippen LogP contribution is -2.32. The van der Waals surface area contributed by atoms with Crippen LogP contribution >= 0.6 is 0 Å². The van der Waals surface area contributed by atoms with Crippen molar-refractivity contribution >= 4 is 6.09 Å². The molecule has 174 valence electrons. The average Bonchev–Trinajstić information content (AvgIpc) is 2.82. The average molecular weight is 447 g/mol. The zero-order valence-corrected chi connectivity index (χ0v) is 20.2. The van der Waals surface area contributed by atoms with E-state index in [1.54, 1.807) is 11.9 Å². The third-order valence-corrected chi connectivity index (χ3v) is 5.83. The van der Waals surface area contributed by atoms with E-state index >= 15 is 0 Å². The van der Waals surface area contributed by atoms with Crippen LogP contribution in [0.25, 0.3) is 0 Å². The number of benzene rings is 3. The van der Waals surface area contributed by atoms with Gasteiger partial charge in [-0.2, -0.15) is 0 Å². The van der Waals surface area contributed by atoms with Gasteiger partial charge in [-0.15, -0.1) is 0 Å². The minimum Gasteiger partial charge on any atom is -0.486 e. The maximum atomic E-state index is 12.7. The second-order valence-corrected chi connectivity index (χ2v) is 8.62. The molecule has 0 heterocycles. The number of hydrogen-bond donors (Lipinski definition) is 0. The topological polar surface area (TPSA) is 42.0 Å². The van der Waals surface area contributed by atoms with E-state index in [-0.39, 0.29) is 18.2 Å². The van der Waals surface area contributed by atoms with Crippen LogP contribution < -0.4 is 9.47 Å². The summed E-state index contributed by atoms with van der Waals surface area (Å²) in [5, 5.41) is 0. The minimum absolute atomic E-state index is 0.173. The first-order valence-corrected chi connectivity index (χ1v) is 11.3.